The highest BCUT2D eigenvalue weighted by Gasteiger charge is 2.45. The molecule has 0 saturated carbocycles. The standard InChI is InChI=1S/C43H29N/c1-2-16-32(17-3-1)43(39-24-8-4-20-35(39)36-21-5-9-25-40(36)43)33-18-12-14-30(28-33)31-15-13-19-34(29-31)44-41-26-10-6-22-37(41)38-23-7-11-27-42(38)44/h1-29H. The van der Waals surface area contributed by atoms with E-state index >= 15 is 0 Å². The van der Waals surface area contributed by atoms with Gasteiger partial charge in [-0.25, -0.2) is 0 Å². The molecule has 1 heteroatoms. The Hall–Kier alpha value is -5.66. The topological polar surface area (TPSA) is 4.93 Å². The summed E-state index contributed by atoms with van der Waals surface area (Å²) in [6.07, 6.45) is 0. The summed E-state index contributed by atoms with van der Waals surface area (Å²) in [5, 5.41) is 2.55. The monoisotopic (exact) mass is 559 g/mol. The van der Waals surface area contributed by atoms with E-state index in [1.165, 1.54) is 72.0 Å². The highest BCUT2D eigenvalue weighted by atomic mass is 15.0. The van der Waals surface area contributed by atoms with Crippen LogP contribution in [0.25, 0.3) is 49.7 Å². The number of benzene rings is 7. The summed E-state index contributed by atoms with van der Waals surface area (Å²) in [5.41, 5.74) is 13.5. The van der Waals surface area contributed by atoms with Crippen molar-refractivity contribution in [1.29, 1.82) is 0 Å². The number of hydrogen-bond acceptors (Lipinski definition) is 0. The molecule has 1 aliphatic carbocycles. The lowest BCUT2D eigenvalue weighted by molar-refractivity contribution is 0.769. The van der Waals surface area contributed by atoms with E-state index in [1.54, 1.807) is 0 Å². The van der Waals surface area contributed by atoms with Gasteiger partial charge in [-0.1, -0.05) is 146 Å². The molecule has 9 rings (SSSR count). The number of aromatic nitrogens is 1. The third-order valence-electron chi connectivity index (χ3n) is 9.47. The predicted octanol–water partition coefficient (Wildman–Crippen LogP) is 10.8. The van der Waals surface area contributed by atoms with Gasteiger partial charge in [0, 0.05) is 16.5 Å². The fraction of sp³-hybridized carbons (Fsp3) is 0.0233. The Morgan fingerprint density at radius 3 is 1.52 bits per heavy atom. The number of hydrogen-bond donors (Lipinski definition) is 0. The third-order valence-corrected chi connectivity index (χ3v) is 9.47. The molecule has 1 aliphatic rings. The van der Waals surface area contributed by atoms with Crippen LogP contribution in [0, 0.1) is 0 Å². The van der Waals surface area contributed by atoms with Gasteiger partial charge in [-0.05, 0) is 74.8 Å². The lowest BCUT2D eigenvalue weighted by Gasteiger charge is -2.34. The minimum absolute atomic E-state index is 0.408. The van der Waals surface area contributed by atoms with Crippen molar-refractivity contribution in [2.45, 2.75) is 5.41 Å². The van der Waals surface area contributed by atoms with E-state index in [0.717, 1.165) is 0 Å². The zero-order valence-corrected chi connectivity index (χ0v) is 24.2. The van der Waals surface area contributed by atoms with Gasteiger partial charge in [0.15, 0.2) is 0 Å². The largest absolute Gasteiger partial charge is 0.309 e. The maximum absolute atomic E-state index is 2.41. The molecular weight excluding hydrogens is 530 g/mol. The molecule has 0 amide bonds. The third kappa shape index (κ3) is 3.47. The van der Waals surface area contributed by atoms with Crippen molar-refractivity contribution >= 4 is 21.8 Å². The first-order chi connectivity index (χ1) is 21.8. The molecule has 1 nitrogen and oxygen atoms in total. The normalized spacial score (nSPS) is 13.2. The molecule has 1 aromatic heterocycles. The lowest BCUT2D eigenvalue weighted by Crippen LogP contribution is -2.28. The van der Waals surface area contributed by atoms with Crippen LogP contribution >= 0.6 is 0 Å². The van der Waals surface area contributed by atoms with Gasteiger partial charge in [-0.3, -0.25) is 0 Å². The molecule has 44 heavy (non-hydrogen) atoms. The van der Waals surface area contributed by atoms with Crippen molar-refractivity contribution in [2.75, 3.05) is 0 Å². The van der Waals surface area contributed by atoms with Crippen LogP contribution in [-0.4, -0.2) is 4.57 Å². The van der Waals surface area contributed by atoms with Gasteiger partial charge in [0.1, 0.15) is 0 Å². The fourth-order valence-electron chi connectivity index (χ4n) is 7.67. The average molecular weight is 560 g/mol. The van der Waals surface area contributed by atoms with Gasteiger partial charge in [-0.15, -0.1) is 0 Å². The number of fused-ring (bicyclic) bond motifs is 6. The predicted molar refractivity (Wildman–Crippen MR) is 184 cm³/mol. The van der Waals surface area contributed by atoms with Crippen LogP contribution in [0.5, 0.6) is 0 Å². The van der Waals surface area contributed by atoms with Crippen LogP contribution in [0.2, 0.25) is 0 Å². The molecule has 8 aromatic rings. The molecule has 0 aliphatic heterocycles. The summed E-state index contributed by atoms with van der Waals surface area (Å²) >= 11 is 0. The zero-order chi connectivity index (χ0) is 29.1. The van der Waals surface area contributed by atoms with E-state index in [2.05, 4.69) is 180 Å². The van der Waals surface area contributed by atoms with E-state index in [9.17, 15) is 0 Å². The van der Waals surface area contributed by atoms with Gasteiger partial charge < -0.3 is 4.57 Å². The van der Waals surface area contributed by atoms with Crippen LogP contribution in [-0.2, 0) is 5.41 Å². The number of para-hydroxylation sites is 2. The highest BCUT2D eigenvalue weighted by Crippen LogP contribution is 2.56. The van der Waals surface area contributed by atoms with Gasteiger partial charge in [0.05, 0.1) is 16.4 Å². The summed E-state index contributed by atoms with van der Waals surface area (Å²) in [7, 11) is 0. The Morgan fingerprint density at radius 1 is 0.364 bits per heavy atom. The molecule has 0 fully saturated rings. The van der Waals surface area contributed by atoms with Crippen molar-refractivity contribution in [2.24, 2.45) is 0 Å². The zero-order valence-electron chi connectivity index (χ0n) is 24.2. The maximum Gasteiger partial charge on any atom is 0.0713 e. The summed E-state index contributed by atoms with van der Waals surface area (Å²) in [6.45, 7) is 0. The van der Waals surface area contributed by atoms with Gasteiger partial charge in [0.2, 0.25) is 0 Å². The summed E-state index contributed by atoms with van der Waals surface area (Å²) < 4.78 is 2.40. The van der Waals surface area contributed by atoms with Crippen LogP contribution in [0.15, 0.2) is 176 Å². The molecule has 0 bridgehead atoms. The summed E-state index contributed by atoms with van der Waals surface area (Å²) in [5.74, 6) is 0. The Bertz CT molecular complexity index is 2240. The first kappa shape index (κ1) is 24.9. The quantitative estimate of drug-likeness (QED) is 0.202. The van der Waals surface area contributed by atoms with E-state index in [4.69, 9.17) is 0 Å². The molecule has 0 atom stereocenters. The molecule has 0 N–H and O–H groups in total. The maximum atomic E-state index is 2.41. The molecular formula is C43H29N. The molecule has 0 saturated heterocycles. The van der Waals surface area contributed by atoms with E-state index in [0.29, 0.717) is 0 Å². The minimum atomic E-state index is -0.408. The SMILES string of the molecule is c1ccc(C2(c3cccc(-c4cccc(-n5c6ccccc6c6ccccc65)c4)c3)c3ccccc3-c3ccccc32)cc1. The Balaban J connectivity index is 1.27. The second kappa shape index (κ2) is 9.69. The van der Waals surface area contributed by atoms with E-state index in [1.807, 2.05) is 0 Å². The molecule has 1 heterocycles. The van der Waals surface area contributed by atoms with Gasteiger partial charge in [-0.2, -0.15) is 0 Å². The average Bonchev–Trinajstić information content (AvgIpc) is 3.60. The molecule has 7 aromatic carbocycles. The number of rotatable bonds is 4. The number of nitrogens with zero attached hydrogens (tertiary/aromatic N) is 1. The van der Waals surface area contributed by atoms with Crippen molar-refractivity contribution in [3.63, 3.8) is 0 Å². The van der Waals surface area contributed by atoms with Crippen molar-refractivity contribution < 1.29 is 0 Å². The second-order valence-electron chi connectivity index (χ2n) is 11.7. The molecule has 0 unspecified atom stereocenters. The Morgan fingerprint density at radius 2 is 0.864 bits per heavy atom. The lowest BCUT2D eigenvalue weighted by atomic mass is 9.67. The van der Waals surface area contributed by atoms with Crippen molar-refractivity contribution in [3.8, 4) is 27.9 Å². The van der Waals surface area contributed by atoms with Gasteiger partial charge >= 0.3 is 0 Å². The first-order valence-electron chi connectivity index (χ1n) is 15.3. The molecule has 206 valence electrons. The summed E-state index contributed by atoms with van der Waals surface area (Å²) in [4.78, 5) is 0. The highest BCUT2D eigenvalue weighted by molar-refractivity contribution is 6.09. The van der Waals surface area contributed by atoms with Gasteiger partial charge in [0.25, 0.3) is 0 Å². The Labute approximate surface area is 257 Å². The van der Waals surface area contributed by atoms with E-state index in [-0.39, 0.29) is 0 Å². The first-order valence-corrected chi connectivity index (χ1v) is 15.3. The van der Waals surface area contributed by atoms with E-state index < -0.39 is 5.41 Å². The van der Waals surface area contributed by atoms with Crippen molar-refractivity contribution in [3.05, 3.63) is 198 Å². The van der Waals surface area contributed by atoms with Crippen molar-refractivity contribution in [1.82, 2.24) is 4.57 Å². The smallest absolute Gasteiger partial charge is 0.0713 e. The minimum Gasteiger partial charge on any atom is -0.309 e. The van der Waals surface area contributed by atoms with Crippen LogP contribution in [0.1, 0.15) is 22.3 Å². The van der Waals surface area contributed by atoms with Crippen LogP contribution in [0.3, 0.4) is 0 Å². The molecule has 0 radical (unpaired) electrons. The van der Waals surface area contributed by atoms with Crippen LogP contribution < -0.4 is 0 Å². The summed E-state index contributed by atoms with van der Waals surface area (Å²) in [6, 6.07) is 64.5. The Kier molecular flexibility index (Phi) is 5.48. The van der Waals surface area contributed by atoms with Crippen LogP contribution in [0.4, 0.5) is 0 Å². The fourth-order valence-corrected chi connectivity index (χ4v) is 7.67. The molecule has 0 spiro atoms. The second-order valence-corrected chi connectivity index (χ2v) is 11.7.